The zero-order valence-electron chi connectivity index (χ0n) is 14.7. The minimum Gasteiger partial charge on any atom is -0.469 e. The maximum Gasteiger partial charge on any atom is 0.305 e. The molecule has 0 N–H and O–H groups in total. The van der Waals surface area contributed by atoms with Crippen molar-refractivity contribution in [2.45, 2.75) is 70.2 Å². The van der Waals surface area contributed by atoms with Crippen LogP contribution in [0.5, 0.6) is 0 Å². The van der Waals surface area contributed by atoms with E-state index in [1.54, 1.807) is 0 Å². The largest absolute Gasteiger partial charge is 0.469 e. The second-order valence-corrected chi connectivity index (χ2v) is 6.70. The van der Waals surface area contributed by atoms with Crippen LogP contribution < -0.4 is 0 Å². The van der Waals surface area contributed by atoms with Gasteiger partial charge in [0, 0.05) is 18.9 Å². The molecule has 0 aromatic carbocycles. The number of aldehydes is 1. The molecule has 24 heavy (non-hydrogen) atoms. The summed E-state index contributed by atoms with van der Waals surface area (Å²) >= 11 is 0. The molecule has 1 aliphatic heterocycles. The molecule has 1 saturated heterocycles. The number of hydrogen-bond acceptors (Lipinski definition) is 5. The topological polar surface area (TPSA) is 61.8 Å². The van der Waals surface area contributed by atoms with E-state index in [2.05, 4.69) is 16.9 Å². The number of carbonyl (C=O) groups excluding carboxylic acids is 2. The Bertz CT molecular complexity index is 414. The second kappa shape index (κ2) is 10.6. The molecule has 1 unspecified atom stereocenters. The fourth-order valence-electron chi connectivity index (χ4n) is 3.57. The molecule has 1 saturated carbocycles. The molecule has 5 heteroatoms. The number of hydrogen-bond donors (Lipinski definition) is 0. The SMILES string of the molecule is COC(=O)CCC/C=C\C[C@H]1CC[C@@H](OC2CCCCO2)[C@@H]1C=O. The van der Waals surface area contributed by atoms with Crippen LogP contribution in [-0.2, 0) is 23.8 Å². The van der Waals surface area contributed by atoms with E-state index in [0.29, 0.717) is 12.3 Å². The molecule has 0 bridgehead atoms. The summed E-state index contributed by atoms with van der Waals surface area (Å²) in [6, 6.07) is 0. The maximum atomic E-state index is 11.5. The standard InChI is InChI=1S/C19H30O5/c1-22-18(21)9-5-3-2-4-8-15-11-12-17(16(15)14-20)24-19-10-6-7-13-23-19/h2,4,14-17,19H,3,5-13H2,1H3/b4-2-/t15-,16+,17+,19?/m0/s1. The van der Waals surface area contributed by atoms with E-state index in [1.807, 2.05) is 0 Å². The molecule has 4 atom stereocenters. The summed E-state index contributed by atoms with van der Waals surface area (Å²) in [5.74, 6) is 0.160. The Kier molecular flexibility index (Phi) is 8.47. The normalized spacial score (nSPS) is 30.5. The molecule has 2 rings (SSSR count). The van der Waals surface area contributed by atoms with Crippen LogP contribution in [0.4, 0.5) is 0 Å². The van der Waals surface area contributed by atoms with Gasteiger partial charge < -0.3 is 19.0 Å². The van der Waals surface area contributed by atoms with Crippen molar-refractivity contribution in [3.05, 3.63) is 12.2 Å². The van der Waals surface area contributed by atoms with E-state index in [-0.39, 0.29) is 24.3 Å². The highest BCUT2D eigenvalue weighted by Gasteiger charge is 2.37. The summed E-state index contributed by atoms with van der Waals surface area (Å²) in [4.78, 5) is 22.5. The molecular formula is C19H30O5. The summed E-state index contributed by atoms with van der Waals surface area (Å²) in [7, 11) is 1.41. The highest BCUT2D eigenvalue weighted by molar-refractivity contribution is 5.69. The predicted molar refractivity (Wildman–Crippen MR) is 90.4 cm³/mol. The molecule has 0 aromatic heterocycles. The first kappa shape index (κ1) is 19.1. The van der Waals surface area contributed by atoms with Gasteiger partial charge in [-0.2, -0.15) is 0 Å². The van der Waals surface area contributed by atoms with Crippen molar-refractivity contribution >= 4 is 12.3 Å². The highest BCUT2D eigenvalue weighted by Crippen LogP contribution is 2.36. The van der Waals surface area contributed by atoms with Crippen LogP contribution in [0.2, 0.25) is 0 Å². The van der Waals surface area contributed by atoms with Crippen LogP contribution in [0.15, 0.2) is 12.2 Å². The number of unbranched alkanes of at least 4 members (excludes halogenated alkanes) is 1. The Morgan fingerprint density at radius 2 is 2.08 bits per heavy atom. The second-order valence-electron chi connectivity index (χ2n) is 6.70. The van der Waals surface area contributed by atoms with Crippen molar-refractivity contribution in [2.75, 3.05) is 13.7 Å². The first-order valence-corrected chi connectivity index (χ1v) is 9.18. The Hall–Kier alpha value is -1.20. The van der Waals surface area contributed by atoms with E-state index in [9.17, 15) is 9.59 Å². The monoisotopic (exact) mass is 338 g/mol. The van der Waals surface area contributed by atoms with Gasteiger partial charge in [-0.3, -0.25) is 4.79 Å². The van der Waals surface area contributed by atoms with Crippen molar-refractivity contribution in [1.29, 1.82) is 0 Å². The Balaban J connectivity index is 1.69. The van der Waals surface area contributed by atoms with Crippen LogP contribution in [0, 0.1) is 11.8 Å². The average Bonchev–Trinajstić information content (AvgIpc) is 3.00. The van der Waals surface area contributed by atoms with Gasteiger partial charge in [0.1, 0.15) is 6.29 Å². The highest BCUT2D eigenvalue weighted by atomic mass is 16.7. The van der Waals surface area contributed by atoms with Gasteiger partial charge >= 0.3 is 5.97 Å². The lowest BCUT2D eigenvalue weighted by atomic mass is 9.93. The number of allylic oxidation sites excluding steroid dienone is 2. The van der Waals surface area contributed by atoms with Crippen molar-refractivity contribution in [3.8, 4) is 0 Å². The average molecular weight is 338 g/mol. The van der Waals surface area contributed by atoms with Crippen LogP contribution in [-0.4, -0.2) is 38.4 Å². The lowest BCUT2D eigenvalue weighted by molar-refractivity contribution is -0.194. The number of methoxy groups -OCH3 is 1. The predicted octanol–water partition coefficient (Wildman–Crippen LogP) is 3.41. The third-order valence-electron chi connectivity index (χ3n) is 5.00. The fourth-order valence-corrected chi connectivity index (χ4v) is 3.57. The quantitative estimate of drug-likeness (QED) is 0.279. The number of carbonyl (C=O) groups is 2. The molecule has 2 fully saturated rings. The van der Waals surface area contributed by atoms with Gasteiger partial charge in [0.05, 0.1) is 13.2 Å². The summed E-state index contributed by atoms with van der Waals surface area (Å²) in [5, 5.41) is 0. The van der Waals surface area contributed by atoms with Crippen LogP contribution in [0.25, 0.3) is 0 Å². The Morgan fingerprint density at radius 3 is 2.79 bits per heavy atom. The van der Waals surface area contributed by atoms with Gasteiger partial charge in [-0.15, -0.1) is 0 Å². The van der Waals surface area contributed by atoms with E-state index in [0.717, 1.165) is 64.3 Å². The van der Waals surface area contributed by atoms with E-state index >= 15 is 0 Å². The number of rotatable bonds is 9. The molecule has 0 radical (unpaired) electrons. The van der Waals surface area contributed by atoms with Gasteiger partial charge in [-0.05, 0) is 57.3 Å². The summed E-state index contributed by atoms with van der Waals surface area (Å²) < 4.78 is 16.3. The zero-order valence-corrected chi connectivity index (χ0v) is 14.7. The molecule has 0 amide bonds. The van der Waals surface area contributed by atoms with Crippen LogP contribution in [0.1, 0.15) is 57.8 Å². The minimum absolute atomic E-state index is 0.00308. The van der Waals surface area contributed by atoms with Gasteiger partial charge in [0.25, 0.3) is 0 Å². The fraction of sp³-hybridized carbons (Fsp3) is 0.789. The van der Waals surface area contributed by atoms with Gasteiger partial charge in [-0.1, -0.05) is 12.2 Å². The van der Waals surface area contributed by atoms with Crippen molar-refractivity contribution < 1.29 is 23.8 Å². The first-order valence-electron chi connectivity index (χ1n) is 9.18. The first-order chi connectivity index (χ1) is 11.7. The third-order valence-corrected chi connectivity index (χ3v) is 5.00. The van der Waals surface area contributed by atoms with Crippen molar-refractivity contribution in [1.82, 2.24) is 0 Å². The van der Waals surface area contributed by atoms with Crippen molar-refractivity contribution in [3.63, 3.8) is 0 Å². The van der Waals surface area contributed by atoms with E-state index < -0.39 is 0 Å². The van der Waals surface area contributed by atoms with Crippen molar-refractivity contribution in [2.24, 2.45) is 11.8 Å². The molecule has 0 aromatic rings. The van der Waals surface area contributed by atoms with E-state index in [4.69, 9.17) is 9.47 Å². The maximum absolute atomic E-state index is 11.5. The molecule has 2 aliphatic rings. The summed E-state index contributed by atoms with van der Waals surface area (Å²) in [5.41, 5.74) is 0. The molecule has 0 spiro atoms. The number of esters is 1. The summed E-state index contributed by atoms with van der Waals surface area (Å²) in [6.07, 6.45) is 13.3. The van der Waals surface area contributed by atoms with Gasteiger partial charge in [-0.25, -0.2) is 0 Å². The molecule has 136 valence electrons. The molecular weight excluding hydrogens is 308 g/mol. The van der Waals surface area contributed by atoms with E-state index in [1.165, 1.54) is 7.11 Å². The van der Waals surface area contributed by atoms with Crippen LogP contribution in [0.3, 0.4) is 0 Å². The zero-order chi connectivity index (χ0) is 17.2. The summed E-state index contributed by atoms with van der Waals surface area (Å²) in [6.45, 7) is 0.765. The Morgan fingerprint density at radius 1 is 1.21 bits per heavy atom. The Labute approximate surface area is 144 Å². The third kappa shape index (κ3) is 6.02. The molecule has 1 aliphatic carbocycles. The molecule has 1 heterocycles. The van der Waals surface area contributed by atoms with Gasteiger partial charge in [0.2, 0.25) is 0 Å². The van der Waals surface area contributed by atoms with Crippen LogP contribution >= 0.6 is 0 Å². The lowest BCUT2D eigenvalue weighted by Gasteiger charge is -2.28. The van der Waals surface area contributed by atoms with Gasteiger partial charge in [0.15, 0.2) is 6.29 Å². The lowest BCUT2D eigenvalue weighted by Crippen LogP contribution is -2.31. The minimum atomic E-state index is -0.162. The smallest absolute Gasteiger partial charge is 0.305 e. The molecule has 5 nitrogen and oxygen atoms in total. The number of ether oxygens (including phenoxy) is 3.